The number of para-hydroxylation sites is 1. The van der Waals surface area contributed by atoms with Crippen molar-refractivity contribution in [3.05, 3.63) is 29.8 Å². The number of halogens is 1. The number of carbonyl (C=O) groups is 1. The summed E-state index contributed by atoms with van der Waals surface area (Å²) < 4.78 is 5.79. The van der Waals surface area contributed by atoms with E-state index in [2.05, 4.69) is 40.2 Å². The van der Waals surface area contributed by atoms with E-state index in [0.29, 0.717) is 18.4 Å². The fourth-order valence-corrected chi connectivity index (χ4v) is 4.60. The Kier molecular flexibility index (Phi) is 9.25. The fourth-order valence-electron chi connectivity index (χ4n) is 4.60. The largest absolute Gasteiger partial charge is 0.493 e. The SMILES string of the molecule is CCNC(=NCC1CCOc2ccccc21)N1CCN(CC(=O)N2CCCC2)CC1.I. The van der Waals surface area contributed by atoms with E-state index in [0.717, 1.165) is 89.9 Å². The van der Waals surface area contributed by atoms with Gasteiger partial charge in [0, 0.05) is 58.3 Å². The number of likely N-dealkylation sites (tertiary alicyclic amines) is 1. The first-order valence-electron chi connectivity index (χ1n) is 11.5. The van der Waals surface area contributed by atoms with Crippen LogP contribution in [0.25, 0.3) is 0 Å². The van der Waals surface area contributed by atoms with Crippen LogP contribution in [-0.4, -0.2) is 92.1 Å². The van der Waals surface area contributed by atoms with E-state index in [1.165, 1.54) is 5.56 Å². The second-order valence-corrected chi connectivity index (χ2v) is 8.42. The lowest BCUT2D eigenvalue weighted by Crippen LogP contribution is -2.54. The van der Waals surface area contributed by atoms with Crippen molar-refractivity contribution in [1.82, 2.24) is 20.0 Å². The maximum atomic E-state index is 12.4. The average molecular weight is 541 g/mol. The monoisotopic (exact) mass is 541 g/mol. The molecule has 0 aromatic heterocycles. The molecule has 3 heterocycles. The van der Waals surface area contributed by atoms with Crippen LogP contribution in [0.4, 0.5) is 0 Å². The highest BCUT2D eigenvalue weighted by Gasteiger charge is 2.25. The minimum Gasteiger partial charge on any atom is -0.493 e. The van der Waals surface area contributed by atoms with Crippen molar-refractivity contribution in [2.45, 2.75) is 32.1 Å². The third kappa shape index (κ3) is 6.25. The summed E-state index contributed by atoms with van der Waals surface area (Å²) in [5.41, 5.74) is 1.27. The first-order valence-corrected chi connectivity index (χ1v) is 11.5. The van der Waals surface area contributed by atoms with Gasteiger partial charge in [0.15, 0.2) is 5.96 Å². The molecule has 0 spiro atoms. The highest BCUT2D eigenvalue weighted by atomic mass is 127. The summed E-state index contributed by atoms with van der Waals surface area (Å²) in [7, 11) is 0. The van der Waals surface area contributed by atoms with Crippen LogP contribution in [0, 0.1) is 0 Å². The molecule has 1 aromatic rings. The Hall–Kier alpha value is -1.55. The zero-order chi connectivity index (χ0) is 20.8. The maximum absolute atomic E-state index is 12.4. The van der Waals surface area contributed by atoms with Gasteiger partial charge in [-0.05, 0) is 37.8 Å². The lowest BCUT2D eigenvalue weighted by molar-refractivity contribution is -0.131. The first-order chi connectivity index (χ1) is 14.7. The van der Waals surface area contributed by atoms with Crippen molar-refractivity contribution in [3.63, 3.8) is 0 Å². The molecular weight excluding hydrogens is 505 g/mol. The zero-order valence-corrected chi connectivity index (χ0v) is 20.9. The molecule has 31 heavy (non-hydrogen) atoms. The summed E-state index contributed by atoms with van der Waals surface area (Å²) >= 11 is 0. The third-order valence-corrected chi connectivity index (χ3v) is 6.37. The minimum atomic E-state index is 0. The Morgan fingerprint density at radius 2 is 1.84 bits per heavy atom. The minimum absolute atomic E-state index is 0. The summed E-state index contributed by atoms with van der Waals surface area (Å²) in [6.07, 6.45) is 3.31. The summed E-state index contributed by atoms with van der Waals surface area (Å²) in [4.78, 5) is 24.1. The van der Waals surface area contributed by atoms with Crippen molar-refractivity contribution in [3.8, 4) is 5.75 Å². The number of fused-ring (bicyclic) bond motifs is 1. The summed E-state index contributed by atoms with van der Waals surface area (Å²) in [6.45, 7) is 10.6. The van der Waals surface area contributed by atoms with Gasteiger partial charge in [0.1, 0.15) is 5.75 Å². The van der Waals surface area contributed by atoms with Crippen molar-refractivity contribution in [2.75, 3.05) is 65.5 Å². The molecule has 1 aromatic carbocycles. The van der Waals surface area contributed by atoms with Gasteiger partial charge in [0.05, 0.1) is 13.2 Å². The molecule has 0 radical (unpaired) electrons. The van der Waals surface area contributed by atoms with Crippen molar-refractivity contribution in [1.29, 1.82) is 0 Å². The van der Waals surface area contributed by atoms with Crippen molar-refractivity contribution < 1.29 is 9.53 Å². The molecule has 0 bridgehead atoms. The number of guanidine groups is 1. The van der Waals surface area contributed by atoms with E-state index < -0.39 is 0 Å². The number of nitrogens with one attached hydrogen (secondary N) is 1. The van der Waals surface area contributed by atoms with E-state index in [4.69, 9.17) is 9.73 Å². The van der Waals surface area contributed by atoms with Crippen LogP contribution in [-0.2, 0) is 4.79 Å². The van der Waals surface area contributed by atoms with E-state index in [9.17, 15) is 4.79 Å². The molecule has 8 heteroatoms. The van der Waals surface area contributed by atoms with Gasteiger partial charge in [-0.25, -0.2) is 0 Å². The van der Waals surface area contributed by atoms with Crippen molar-refractivity contribution in [2.24, 2.45) is 4.99 Å². The summed E-state index contributed by atoms with van der Waals surface area (Å²) in [5.74, 6) is 2.69. The van der Waals surface area contributed by atoms with Crippen LogP contribution >= 0.6 is 24.0 Å². The first kappa shape index (κ1) is 24.1. The molecule has 1 amide bonds. The van der Waals surface area contributed by atoms with E-state index in [1.807, 2.05) is 11.0 Å². The second-order valence-electron chi connectivity index (χ2n) is 8.42. The zero-order valence-electron chi connectivity index (χ0n) is 18.6. The van der Waals surface area contributed by atoms with Crippen LogP contribution in [0.15, 0.2) is 29.3 Å². The maximum Gasteiger partial charge on any atom is 0.236 e. The van der Waals surface area contributed by atoms with E-state index in [-0.39, 0.29) is 24.0 Å². The summed E-state index contributed by atoms with van der Waals surface area (Å²) in [5, 5.41) is 3.47. The standard InChI is InChI=1S/C23H35N5O2.HI/c1-2-24-23(25-17-19-9-16-30-21-8-4-3-7-20(19)21)28-14-12-26(13-15-28)18-22(29)27-10-5-6-11-27;/h3-4,7-8,19H,2,5-6,9-18H2,1H3,(H,24,25);1H. The molecule has 1 unspecified atom stereocenters. The Morgan fingerprint density at radius 1 is 1.10 bits per heavy atom. The Bertz CT molecular complexity index is 745. The Balaban J connectivity index is 0.00000272. The number of amides is 1. The van der Waals surface area contributed by atoms with Gasteiger partial charge in [0.2, 0.25) is 5.91 Å². The average Bonchev–Trinajstić information content (AvgIpc) is 3.32. The van der Waals surface area contributed by atoms with Gasteiger partial charge in [0.25, 0.3) is 0 Å². The molecule has 172 valence electrons. The topological polar surface area (TPSA) is 60.4 Å². The van der Waals surface area contributed by atoms with Crippen LogP contribution in [0.3, 0.4) is 0 Å². The quantitative estimate of drug-likeness (QED) is 0.353. The molecule has 0 aliphatic carbocycles. The predicted molar refractivity (Wildman–Crippen MR) is 135 cm³/mol. The number of benzene rings is 1. The lowest BCUT2D eigenvalue weighted by Gasteiger charge is -2.37. The number of rotatable bonds is 5. The molecule has 3 aliphatic heterocycles. The van der Waals surface area contributed by atoms with Gasteiger partial charge in [-0.15, -0.1) is 24.0 Å². The van der Waals surface area contributed by atoms with E-state index in [1.54, 1.807) is 0 Å². The Morgan fingerprint density at radius 3 is 2.58 bits per heavy atom. The molecule has 1 N–H and O–H groups in total. The molecule has 3 aliphatic rings. The fraction of sp³-hybridized carbons (Fsp3) is 0.652. The highest BCUT2D eigenvalue weighted by Crippen LogP contribution is 2.33. The molecule has 2 saturated heterocycles. The molecule has 2 fully saturated rings. The number of ether oxygens (including phenoxy) is 1. The smallest absolute Gasteiger partial charge is 0.236 e. The normalized spacial score (nSPS) is 21.8. The summed E-state index contributed by atoms with van der Waals surface area (Å²) in [6, 6.07) is 8.33. The van der Waals surface area contributed by atoms with Gasteiger partial charge in [-0.1, -0.05) is 18.2 Å². The molecule has 0 saturated carbocycles. The lowest BCUT2D eigenvalue weighted by atomic mass is 9.93. The van der Waals surface area contributed by atoms with Gasteiger partial charge < -0.3 is 19.9 Å². The van der Waals surface area contributed by atoms with Gasteiger partial charge in [-0.3, -0.25) is 14.7 Å². The predicted octanol–water partition coefficient (Wildman–Crippen LogP) is 2.38. The second kappa shape index (κ2) is 11.9. The van der Waals surface area contributed by atoms with Gasteiger partial charge in [-0.2, -0.15) is 0 Å². The van der Waals surface area contributed by atoms with Crippen LogP contribution in [0.2, 0.25) is 0 Å². The molecule has 1 atom stereocenters. The molecule has 7 nitrogen and oxygen atoms in total. The third-order valence-electron chi connectivity index (χ3n) is 6.37. The molecular formula is C23H36IN5O2. The Labute approximate surface area is 203 Å². The highest BCUT2D eigenvalue weighted by molar-refractivity contribution is 14.0. The van der Waals surface area contributed by atoms with Crippen LogP contribution in [0.5, 0.6) is 5.75 Å². The number of nitrogens with zero attached hydrogens (tertiary/aromatic N) is 4. The van der Waals surface area contributed by atoms with E-state index >= 15 is 0 Å². The number of aliphatic imine (C=N–C) groups is 1. The van der Waals surface area contributed by atoms with Crippen LogP contribution < -0.4 is 10.1 Å². The van der Waals surface area contributed by atoms with Gasteiger partial charge >= 0.3 is 0 Å². The number of piperazine rings is 1. The van der Waals surface area contributed by atoms with Crippen LogP contribution in [0.1, 0.15) is 37.7 Å². The van der Waals surface area contributed by atoms with Crippen molar-refractivity contribution >= 4 is 35.8 Å². The number of hydrogen-bond donors (Lipinski definition) is 1. The number of hydrogen-bond acceptors (Lipinski definition) is 4. The molecule has 4 rings (SSSR count). The number of carbonyl (C=O) groups excluding carboxylic acids is 1.